The van der Waals surface area contributed by atoms with Gasteiger partial charge in [-0.3, -0.25) is 4.98 Å². The van der Waals surface area contributed by atoms with Crippen LogP contribution in [0, 0.1) is 13.8 Å². The van der Waals surface area contributed by atoms with E-state index in [4.69, 9.17) is 19.5 Å². The van der Waals surface area contributed by atoms with Gasteiger partial charge < -0.3 is 28.7 Å². The average molecular weight is 614 g/mol. The monoisotopic (exact) mass is 613 g/mol. The van der Waals surface area contributed by atoms with Gasteiger partial charge >= 0.3 is 7.12 Å². The molecule has 1 fully saturated rings. The maximum absolute atomic E-state index is 9.10. The Kier molecular flexibility index (Phi) is 11.1. The summed E-state index contributed by atoms with van der Waals surface area (Å²) in [6, 6.07) is 24.8. The molecule has 1 saturated heterocycles. The largest absolute Gasteiger partial charge is 0.497 e. The predicted molar refractivity (Wildman–Crippen MR) is 188 cm³/mol. The molecule has 242 valence electrons. The van der Waals surface area contributed by atoms with E-state index in [1.165, 1.54) is 21.8 Å². The van der Waals surface area contributed by atoms with E-state index in [9.17, 15) is 0 Å². The molecule has 0 bridgehead atoms. The number of pyridine rings is 1. The highest BCUT2D eigenvalue weighted by molar-refractivity contribution is 6.65. The quantitative estimate of drug-likeness (QED) is 0.212. The highest BCUT2D eigenvalue weighted by atomic mass is 16.7. The zero-order chi connectivity index (χ0) is 33.8. The number of hydrogen-bond acceptors (Lipinski definition) is 5. The van der Waals surface area contributed by atoms with E-state index < -0.39 is 11.2 Å². The highest BCUT2D eigenvalue weighted by Crippen LogP contribution is 2.37. The predicted octanol–water partition coefficient (Wildman–Crippen LogP) is 6.88. The summed E-state index contributed by atoms with van der Waals surface area (Å²) >= 11 is 0. The summed E-state index contributed by atoms with van der Waals surface area (Å²) in [5.41, 5.74) is 3.17. The average Bonchev–Trinajstić information content (AvgIpc) is 3.54. The Balaban J connectivity index is 0.000000179. The molecule has 0 unspecified atom stereocenters. The number of rotatable bonds is 2. The van der Waals surface area contributed by atoms with Crippen molar-refractivity contribution < 1.29 is 19.5 Å². The van der Waals surface area contributed by atoms with Gasteiger partial charge in [-0.15, -0.1) is 0 Å². The van der Waals surface area contributed by atoms with E-state index in [0.717, 1.165) is 16.9 Å². The fourth-order valence-corrected chi connectivity index (χ4v) is 4.43. The van der Waals surface area contributed by atoms with Gasteiger partial charge in [0.05, 0.1) is 22.4 Å². The highest BCUT2D eigenvalue weighted by Gasteiger charge is 2.52. The minimum Gasteiger partial charge on any atom is -0.399 e. The topological polar surface area (TPSA) is 81.7 Å². The lowest BCUT2D eigenvalue weighted by Gasteiger charge is -2.32. The SMILES string of the molecule is CC(C)(O)C(C)(C)O.Cc1cccc(C)n1.Cn1cc(B2OC(C)(C)C(C)(C)O2)c2ccccc21.Cn1ccc2ccccc21. The minimum absolute atomic E-state index is 0.295. The molecule has 1 aliphatic heterocycles. The zero-order valence-corrected chi connectivity index (χ0v) is 29.2. The number of hydrogen-bond donors (Lipinski definition) is 2. The van der Waals surface area contributed by atoms with Gasteiger partial charge in [0.2, 0.25) is 0 Å². The molecule has 2 aromatic carbocycles. The van der Waals surface area contributed by atoms with Gasteiger partial charge in [0.15, 0.2) is 0 Å². The standard InChI is InChI=1S/C15H20BNO2.C9H9N.C7H9N.C6H14O2/c1-14(2)15(3,4)19-16(18-14)12-10-17(5)13-9-7-6-8-11(12)13;1-10-7-6-8-4-2-3-5-9(8)10;1-6-4-3-5-7(2)8-6;1-5(2,7)6(3,4)8/h6-10H,1-5H3;2-7H,1H3;3-5H,1-2H3;7-8H,1-4H3. The van der Waals surface area contributed by atoms with E-state index in [-0.39, 0.29) is 18.3 Å². The van der Waals surface area contributed by atoms with Crippen molar-refractivity contribution in [3.63, 3.8) is 0 Å². The maximum Gasteiger partial charge on any atom is 0.497 e. The first-order chi connectivity index (χ1) is 20.7. The van der Waals surface area contributed by atoms with Gasteiger partial charge in [-0.05, 0) is 110 Å². The molecule has 0 amide bonds. The Hall–Kier alpha value is -3.43. The molecule has 2 N–H and O–H groups in total. The number of nitrogens with zero attached hydrogens (tertiary/aromatic N) is 3. The van der Waals surface area contributed by atoms with Gasteiger partial charge in [0.1, 0.15) is 0 Å². The number of benzene rings is 2. The molecule has 6 rings (SSSR count). The Labute approximate surface area is 270 Å². The number of para-hydroxylation sites is 2. The molecule has 7 nitrogen and oxygen atoms in total. The van der Waals surface area contributed by atoms with Crippen LogP contribution in [0.1, 0.15) is 66.8 Å². The van der Waals surface area contributed by atoms with Crippen molar-refractivity contribution >= 4 is 34.4 Å². The minimum atomic E-state index is -1.01. The van der Waals surface area contributed by atoms with Crippen molar-refractivity contribution in [1.82, 2.24) is 14.1 Å². The summed E-state index contributed by atoms with van der Waals surface area (Å²) in [4.78, 5) is 4.17. The second kappa shape index (κ2) is 13.9. The van der Waals surface area contributed by atoms with Crippen LogP contribution in [0.15, 0.2) is 85.2 Å². The van der Waals surface area contributed by atoms with Crippen molar-refractivity contribution in [2.45, 2.75) is 91.6 Å². The van der Waals surface area contributed by atoms with Crippen LogP contribution in [0.4, 0.5) is 0 Å². The van der Waals surface area contributed by atoms with E-state index >= 15 is 0 Å². The zero-order valence-electron chi connectivity index (χ0n) is 29.2. The third-order valence-corrected chi connectivity index (χ3v) is 8.75. The van der Waals surface area contributed by atoms with E-state index in [1.807, 2.05) is 32.0 Å². The van der Waals surface area contributed by atoms with Gasteiger partial charge in [0.25, 0.3) is 0 Å². The van der Waals surface area contributed by atoms with Gasteiger partial charge in [-0.1, -0.05) is 42.5 Å². The number of fused-ring (bicyclic) bond motifs is 2. The van der Waals surface area contributed by atoms with Crippen LogP contribution >= 0.6 is 0 Å². The normalized spacial score (nSPS) is 15.5. The molecule has 1 aliphatic rings. The van der Waals surface area contributed by atoms with Gasteiger partial charge in [-0.25, -0.2) is 0 Å². The number of aromatic nitrogens is 3. The molecule has 8 heteroatoms. The summed E-state index contributed by atoms with van der Waals surface area (Å²) in [5.74, 6) is 0. The summed E-state index contributed by atoms with van der Waals surface area (Å²) in [6.45, 7) is 18.6. The summed E-state index contributed by atoms with van der Waals surface area (Å²) in [6.07, 6.45) is 4.18. The molecule has 3 aromatic heterocycles. The van der Waals surface area contributed by atoms with E-state index in [0.29, 0.717) is 0 Å². The summed E-state index contributed by atoms with van der Waals surface area (Å²) < 4.78 is 16.5. The fraction of sp³-hybridized carbons (Fsp3) is 0.432. The van der Waals surface area contributed by atoms with Crippen molar-refractivity contribution in [2.75, 3.05) is 0 Å². The van der Waals surface area contributed by atoms with Crippen molar-refractivity contribution in [3.05, 3.63) is 96.6 Å². The van der Waals surface area contributed by atoms with Crippen LogP contribution < -0.4 is 5.46 Å². The first-order valence-corrected chi connectivity index (χ1v) is 15.5. The summed E-state index contributed by atoms with van der Waals surface area (Å²) in [5, 5.41) is 20.7. The first kappa shape index (κ1) is 36.0. The van der Waals surface area contributed by atoms with Crippen LogP contribution in [0.2, 0.25) is 0 Å². The molecule has 0 atom stereocenters. The molecule has 5 aromatic rings. The maximum atomic E-state index is 9.10. The summed E-state index contributed by atoms with van der Waals surface area (Å²) in [7, 11) is 3.82. The Morgan fingerprint density at radius 2 is 1.16 bits per heavy atom. The number of aliphatic hydroxyl groups is 2. The molecule has 0 radical (unpaired) electrons. The van der Waals surface area contributed by atoms with Gasteiger partial charge in [-0.2, -0.15) is 0 Å². The second-order valence-corrected chi connectivity index (χ2v) is 13.8. The van der Waals surface area contributed by atoms with Crippen LogP contribution in [0.5, 0.6) is 0 Å². The number of aryl methyl sites for hydroxylation is 4. The molecular formula is C37H52BN3O4. The van der Waals surface area contributed by atoms with Crippen molar-refractivity contribution in [3.8, 4) is 0 Å². The van der Waals surface area contributed by atoms with Gasteiger partial charge in [0, 0.05) is 54.4 Å². The second-order valence-electron chi connectivity index (χ2n) is 13.8. The first-order valence-electron chi connectivity index (χ1n) is 15.5. The lowest BCUT2D eigenvalue weighted by atomic mass is 9.79. The third-order valence-electron chi connectivity index (χ3n) is 8.75. The molecule has 4 heterocycles. The van der Waals surface area contributed by atoms with E-state index in [1.54, 1.807) is 27.7 Å². The van der Waals surface area contributed by atoms with Crippen LogP contribution in [0.25, 0.3) is 21.8 Å². The van der Waals surface area contributed by atoms with Crippen LogP contribution in [-0.4, -0.2) is 53.9 Å². The molecule has 0 spiro atoms. The van der Waals surface area contributed by atoms with Crippen molar-refractivity contribution in [1.29, 1.82) is 0 Å². The van der Waals surface area contributed by atoms with Crippen LogP contribution in [-0.2, 0) is 23.4 Å². The lowest BCUT2D eigenvalue weighted by molar-refractivity contribution is -0.107. The molecule has 0 saturated carbocycles. The molecule has 45 heavy (non-hydrogen) atoms. The smallest absolute Gasteiger partial charge is 0.399 e. The van der Waals surface area contributed by atoms with E-state index in [2.05, 4.69) is 123 Å². The Morgan fingerprint density at radius 3 is 1.62 bits per heavy atom. The third kappa shape index (κ3) is 9.07. The molecular weight excluding hydrogens is 561 g/mol. The lowest BCUT2D eigenvalue weighted by Crippen LogP contribution is -2.44. The fourth-order valence-electron chi connectivity index (χ4n) is 4.43. The molecule has 0 aliphatic carbocycles. The van der Waals surface area contributed by atoms with Crippen molar-refractivity contribution in [2.24, 2.45) is 14.1 Å². The Morgan fingerprint density at radius 1 is 0.667 bits per heavy atom. The Bertz CT molecular complexity index is 1640. The van der Waals surface area contributed by atoms with Crippen LogP contribution in [0.3, 0.4) is 0 Å².